The van der Waals surface area contributed by atoms with Crippen LogP contribution in [0.3, 0.4) is 0 Å². The maximum Gasteiger partial charge on any atom is 0.135 e. The van der Waals surface area contributed by atoms with Gasteiger partial charge in [0.2, 0.25) is 0 Å². The fourth-order valence-corrected chi connectivity index (χ4v) is 2.48. The number of benzene rings is 2. The lowest BCUT2D eigenvalue weighted by atomic mass is 10.0. The highest BCUT2D eigenvalue weighted by molar-refractivity contribution is 5.74. The van der Waals surface area contributed by atoms with E-state index in [-0.39, 0.29) is 5.82 Å². The third-order valence-electron chi connectivity index (χ3n) is 3.44. The second-order valence-corrected chi connectivity index (χ2v) is 5.45. The number of aromatic nitrogens is 1. The number of ether oxygens (including phenoxy) is 1. The van der Waals surface area contributed by atoms with Crippen molar-refractivity contribution in [3.63, 3.8) is 0 Å². The molecule has 0 aliphatic rings. The standard InChI is InChI=1S/C19H17FN2O/c1-12-9-14(10-13(2)22-12)18-11-16(21)5-8-19(18)23-17-6-3-15(20)4-7-17/h3-11H,21H2,1-2H3. The summed E-state index contributed by atoms with van der Waals surface area (Å²) < 4.78 is 18.9. The van der Waals surface area contributed by atoms with E-state index in [0.29, 0.717) is 17.2 Å². The first-order valence-corrected chi connectivity index (χ1v) is 7.30. The van der Waals surface area contributed by atoms with Crippen LogP contribution in [0.1, 0.15) is 11.4 Å². The first-order valence-electron chi connectivity index (χ1n) is 7.30. The maximum absolute atomic E-state index is 13.0. The smallest absolute Gasteiger partial charge is 0.135 e. The molecule has 0 aliphatic heterocycles. The van der Waals surface area contributed by atoms with Gasteiger partial charge >= 0.3 is 0 Å². The largest absolute Gasteiger partial charge is 0.457 e. The average Bonchev–Trinajstić information content (AvgIpc) is 2.50. The maximum atomic E-state index is 13.0. The van der Waals surface area contributed by atoms with Crippen LogP contribution in [0.25, 0.3) is 11.1 Å². The van der Waals surface area contributed by atoms with E-state index in [1.165, 1.54) is 12.1 Å². The number of aryl methyl sites for hydroxylation is 2. The van der Waals surface area contributed by atoms with Gasteiger partial charge in [0, 0.05) is 22.6 Å². The van der Waals surface area contributed by atoms with E-state index in [1.54, 1.807) is 18.2 Å². The molecule has 3 nitrogen and oxygen atoms in total. The van der Waals surface area contributed by atoms with Crippen LogP contribution in [0.2, 0.25) is 0 Å². The molecule has 3 rings (SSSR count). The summed E-state index contributed by atoms with van der Waals surface area (Å²) in [5.41, 5.74) is 10.3. The van der Waals surface area contributed by atoms with Crippen molar-refractivity contribution >= 4 is 5.69 Å². The predicted octanol–water partition coefficient (Wildman–Crippen LogP) is 4.88. The lowest BCUT2D eigenvalue weighted by Gasteiger charge is -2.13. The second kappa shape index (κ2) is 6.08. The summed E-state index contributed by atoms with van der Waals surface area (Å²) in [6.07, 6.45) is 0. The van der Waals surface area contributed by atoms with Crippen LogP contribution < -0.4 is 10.5 Å². The zero-order chi connectivity index (χ0) is 16.4. The number of pyridine rings is 1. The number of nitrogen functional groups attached to an aromatic ring is 1. The van der Waals surface area contributed by atoms with Gasteiger partial charge in [0.15, 0.2) is 0 Å². The molecule has 2 N–H and O–H groups in total. The normalized spacial score (nSPS) is 10.6. The van der Waals surface area contributed by atoms with E-state index < -0.39 is 0 Å². The molecule has 0 fully saturated rings. The van der Waals surface area contributed by atoms with Crippen molar-refractivity contribution < 1.29 is 9.13 Å². The molecule has 0 amide bonds. The molecule has 3 aromatic rings. The van der Waals surface area contributed by atoms with Crippen LogP contribution in [-0.4, -0.2) is 4.98 Å². The molecule has 0 bridgehead atoms. The van der Waals surface area contributed by atoms with E-state index in [4.69, 9.17) is 10.5 Å². The molecule has 0 saturated carbocycles. The van der Waals surface area contributed by atoms with Gasteiger partial charge in [0.25, 0.3) is 0 Å². The summed E-state index contributed by atoms with van der Waals surface area (Å²) in [6.45, 7) is 3.90. The van der Waals surface area contributed by atoms with Crippen LogP contribution in [-0.2, 0) is 0 Å². The Balaban J connectivity index is 2.05. The monoisotopic (exact) mass is 308 g/mol. The summed E-state index contributed by atoms with van der Waals surface area (Å²) in [4.78, 5) is 4.39. The molecule has 0 spiro atoms. The van der Waals surface area contributed by atoms with Crippen molar-refractivity contribution in [3.05, 3.63) is 71.8 Å². The van der Waals surface area contributed by atoms with Crippen LogP contribution in [0.5, 0.6) is 11.5 Å². The Hall–Kier alpha value is -2.88. The van der Waals surface area contributed by atoms with E-state index >= 15 is 0 Å². The zero-order valence-corrected chi connectivity index (χ0v) is 13.0. The van der Waals surface area contributed by atoms with E-state index in [9.17, 15) is 4.39 Å². The molecule has 0 unspecified atom stereocenters. The van der Waals surface area contributed by atoms with E-state index in [2.05, 4.69) is 4.98 Å². The lowest BCUT2D eigenvalue weighted by Crippen LogP contribution is -1.94. The number of nitrogens with two attached hydrogens (primary N) is 1. The van der Waals surface area contributed by atoms with Gasteiger partial charge < -0.3 is 10.5 Å². The summed E-state index contributed by atoms with van der Waals surface area (Å²) >= 11 is 0. The van der Waals surface area contributed by atoms with Gasteiger partial charge in [-0.15, -0.1) is 0 Å². The lowest BCUT2D eigenvalue weighted by molar-refractivity contribution is 0.482. The molecular weight excluding hydrogens is 291 g/mol. The number of nitrogens with zero attached hydrogens (tertiary/aromatic N) is 1. The minimum Gasteiger partial charge on any atom is -0.457 e. The van der Waals surface area contributed by atoms with Gasteiger partial charge in [0.1, 0.15) is 17.3 Å². The van der Waals surface area contributed by atoms with Gasteiger partial charge in [0.05, 0.1) is 0 Å². The van der Waals surface area contributed by atoms with Gasteiger partial charge in [-0.3, -0.25) is 4.98 Å². The van der Waals surface area contributed by atoms with Crippen molar-refractivity contribution in [2.24, 2.45) is 0 Å². The zero-order valence-electron chi connectivity index (χ0n) is 13.0. The number of hydrogen-bond donors (Lipinski definition) is 1. The minimum atomic E-state index is -0.296. The Morgan fingerprint density at radius 1 is 0.913 bits per heavy atom. The van der Waals surface area contributed by atoms with Gasteiger partial charge in [-0.1, -0.05) is 0 Å². The molecule has 0 atom stereocenters. The number of rotatable bonds is 3. The third-order valence-corrected chi connectivity index (χ3v) is 3.44. The third kappa shape index (κ3) is 3.48. The topological polar surface area (TPSA) is 48.1 Å². The molecule has 0 aliphatic carbocycles. The molecule has 4 heteroatoms. The fraction of sp³-hybridized carbons (Fsp3) is 0.105. The van der Waals surface area contributed by atoms with Crippen LogP contribution in [0.15, 0.2) is 54.6 Å². The van der Waals surface area contributed by atoms with Crippen LogP contribution in [0.4, 0.5) is 10.1 Å². The fourth-order valence-electron chi connectivity index (χ4n) is 2.48. The average molecular weight is 308 g/mol. The van der Waals surface area contributed by atoms with Crippen LogP contribution >= 0.6 is 0 Å². The molecule has 116 valence electrons. The predicted molar refractivity (Wildman–Crippen MR) is 90.0 cm³/mol. The Morgan fingerprint density at radius 2 is 1.57 bits per heavy atom. The second-order valence-electron chi connectivity index (χ2n) is 5.45. The first kappa shape index (κ1) is 15.0. The first-order chi connectivity index (χ1) is 11.0. The SMILES string of the molecule is Cc1cc(-c2cc(N)ccc2Oc2ccc(F)cc2)cc(C)n1. The van der Waals surface area contributed by atoms with Crippen LogP contribution in [0, 0.1) is 19.7 Å². The number of halogens is 1. The quantitative estimate of drug-likeness (QED) is 0.702. The van der Waals surface area contributed by atoms with Crippen molar-refractivity contribution in [3.8, 4) is 22.6 Å². The minimum absolute atomic E-state index is 0.296. The van der Waals surface area contributed by atoms with Crippen molar-refractivity contribution in [2.75, 3.05) is 5.73 Å². The molecule has 0 radical (unpaired) electrons. The van der Waals surface area contributed by atoms with E-state index in [0.717, 1.165) is 22.5 Å². The van der Waals surface area contributed by atoms with Crippen molar-refractivity contribution in [2.45, 2.75) is 13.8 Å². The molecule has 0 saturated heterocycles. The van der Waals surface area contributed by atoms with Gasteiger partial charge in [-0.25, -0.2) is 4.39 Å². The molecule has 23 heavy (non-hydrogen) atoms. The summed E-state index contributed by atoms with van der Waals surface area (Å²) in [5, 5.41) is 0. The molecular formula is C19H17FN2O. The van der Waals surface area contributed by atoms with E-state index in [1.807, 2.05) is 38.1 Å². The Labute approximate surface area is 134 Å². The Morgan fingerprint density at radius 3 is 2.22 bits per heavy atom. The summed E-state index contributed by atoms with van der Waals surface area (Å²) in [7, 11) is 0. The van der Waals surface area contributed by atoms with Gasteiger partial charge in [-0.05, 0) is 74.0 Å². The summed E-state index contributed by atoms with van der Waals surface area (Å²) in [5.74, 6) is 0.936. The highest BCUT2D eigenvalue weighted by Crippen LogP contribution is 2.35. The van der Waals surface area contributed by atoms with Gasteiger partial charge in [-0.2, -0.15) is 0 Å². The summed E-state index contributed by atoms with van der Waals surface area (Å²) in [6, 6.07) is 15.4. The van der Waals surface area contributed by atoms with Crippen molar-refractivity contribution in [1.82, 2.24) is 4.98 Å². The Kier molecular flexibility index (Phi) is 3.98. The molecule has 1 heterocycles. The highest BCUT2D eigenvalue weighted by atomic mass is 19.1. The molecule has 1 aromatic heterocycles. The molecule has 2 aromatic carbocycles. The number of anilines is 1. The highest BCUT2D eigenvalue weighted by Gasteiger charge is 2.10. The van der Waals surface area contributed by atoms with Crippen molar-refractivity contribution in [1.29, 1.82) is 0 Å². The number of hydrogen-bond acceptors (Lipinski definition) is 3. The Bertz CT molecular complexity index is 824.